The predicted molar refractivity (Wildman–Crippen MR) is 101 cm³/mol. The van der Waals surface area contributed by atoms with Crippen molar-refractivity contribution in [2.24, 2.45) is 10.9 Å². The van der Waals surface area contributed by atoms with Crippen LogP contribution in [-0.2, 0) is 11.3 Å². The summed E-state index contributed by atoms with van der Waals surface area (Å²) >= 11 is 1.74. The van der Waals surface area contributed by atoms with E-state index in [1.54, 1.807) is 11.3 Å². The molecule has 24 heavy (non-hydrogen) atoms. The Bertz CT molecular complexity index is 535. The molecule has 0 radical (unpaired) electrons. The third-order valence-corrected chi connectivity index (χ3v) is 5.39. The Morgan fingerprint density at radius 3 is 2.62 bits per heavy atom. The second kappa shape index (κ2) is 10.3. The van der Waals surface area contributed by atoms with Gasteiger partial charge in [-0.2, -0.15) is 0 Å². The summed E-state index contributed by atoms with van der Waals surface area (Å²) in [5.74, 6) is 1.24. The topological polar surface area (TPSA) is 65.5 Å². The third-order valence-electron chi connectivity index (χ3n) is 4.39. The van der Waals surface area contributed by atoms with Gasteiger partial charge >= 0.3 is 0 Å². The number of nitrogens with one attached hydrogen (secondary N) is 3. The molecule has 0 atom stereocenters. The van der Waals surface area contributed by atoms with E-state index in [2.05, 4.69) is 46.2 Å². The van der Waals surface area contributed by atoms with Gasteiger partial charge in [-0.05, 0) is 43.7 Å². The monoisotopic (exact) mass is 350 g/mol. The number of carbonyl (C=O) groups is 1. The lowest BCUT2D eigenvalue weighted by Gasteiger charge is -2.21. The van der Waals surface area contributed by atoms with E-state index in [1.807, 2.05) is 0 Å². The molecule has 0 spiro atoms. The maximum absolute atomic E-state index is 12.1. The molecule has 1 amide bonds. The van der Waals surface area contributed by atoms with E-state index < -0.39 is 0 Å². The van der Waals surface area contributed by atoms with E-state index in [0.717, 1.165) is 25.3 Å². The zero-order valence-corrected chi connectivity index (χ0v) is 15.7. The van der Waals surface area contributed by atoms with E-state index in [0.29, 0.717) is 19.6 Å². The Morgan fingerprint density at radius 1 is 1.21 bits per heavy atom. The number of rotatable bonds is 7. The van der Waals surface area contributed by atoms with Gasteiger partial charge in [-0.15, -0.1) is 11.3 Å². The number of aliphatic imine (C=N–C) groups is 1. The van der Waals surface area contributed by atoms with Gasteiger partial charge in [-0.25, -0.2) is 4.99 Å². The highest BCUT2D eigenvalue weighted by molar-refractivity contribution is 7.10. The number of hydrogen-bond donors (Lipinski definition) is 3. The van der Waals surface area contributed by atoms with Crippen molar-refractivity contribution in [1.29, 1.82) is 0 Å². The fourth-order valence-electron chi connectivity index (χ4n) is 2.93. The summed E-state index contributed by atoms with van der Waals surface area (Å²) in [6.45, 7) is 7.00. The highest BCUT2D eigenvalue weighted by atomic mass is 32.1. The van der Waals surface area contributed by atoms with Crippen LogP contribution in [0.4, 0.5) is 0 Å². The second-order valence-corrected chi connectivity index (χ2v) is 7.28. The van der Waals surface area contributed by atoms with Crippen LogP contribution in [0, 0.1) is 12.8 Å². The number of nitrogens with zero attached hydrogens (tertiary/aromatic N) is 1. The molecule has 1 fully saturated rings. The molecule has 0 bridgehead atoms. The van der Waals surface area contributed by atoms with Crippen LogP contribution in [0.3, 0.4) is 0 Å². The molecular weight excluding hydrogens is 320 g/mol. The number of carbonyl (C=O) groups excluding carboxylic acids is 1. The van der Waals surface area contributed by atoms with Gasteiger partial charge in [0.1, 0.15) is 0 Å². The molecule has 2 rings (SSSR count). The van der Waals surface area contributed by atoms with E-state index in [4.69, 9.17) is 0 Å². The first kappa shape index (κ1) is 18.8. The number of hydrogen-bond acceptors (Lipinski definition) is 3. The fourth-order valence-corrected chi connectivity index (χ4v) is 3.76. The highest BCUT2D eigenvalue weighted by Gasteiger charge is 2.20. The molecule has 3 N–H and O–H groups in total. The van der Waals surface area contributed by atoms with Gasteiger partial charge in [0.15, 0.2) is 5.96 Å². The predicted octanol–water partition coefficient (Wildman–Crippen LogP) is 2.81. The molecule has 6 heteroatoms. The number of guanidine groups is 1. The summed E-state index contributed by atoms with van der Waals surface area (Å²) in [6.07, 6.45) is 5.75. The molecule has 1 aliphatic carbocycles. The van der Waals surface area contributed by atoms with Crippen molar-refractivity contribution in [2.45, 2.75) is 52.5 Å². The lowest BCUT2D eigenvalue weighted by Crippen LogP contribution is -2.42. The smallest absolute Gasteiger partial charge is 0.223 e. The lowest BCUT2D eigenvalue weighted by molar-refractivity contribution is -0.125. The molecule has 0 aromatic carbocycles. The maximum Gasteiger partial charge on any atom is 0.223 e. The summed E-state index contributed by atoms with van der Waals surface area (Å²) in [6, 6.07) is 2.12. The molecule has 1 aliphatic rings. The van der Waals surface area contributed by atoms with Gasteiger partial charge in [0.05, 0.1) is 6.54 Å². The molecule has 1 heterocycles. The van der Waals surface area contributed by atoms with Gasteiger partial charge in [0.25, 0.3) is 0 Å². The van der Waals surface area contributed by atoms with Crippen molar-refractivity contribution in [2.75, 3.05) is 19.6 Å². The van der Waals surface area contributed by atoms with Crippen molar-refractivity contribution in [1.82, 2.24) is 16.0 Å². The van der Waals surface area contributed by atoms with Gasteiger partial charge in [0, 0.05) is 30.4 Å². The molecule has 0 unspecified atom stereocenters. The third kappa shape index (κ3) is 6.15. The Labute approximate surface area is 149 Å². The molecular formula is C18H30N4OS. The van der Waals surface area contributed by atoms with Gasteiger partial charge < -0.3 is 16.0 Å². The van der Waals surface area contributed by atoms with Crippen LogP contribution in [0.15, 0.2) is 16.4 Å². The fraction of sp³-hybridized carbons (Fsp3) is 0.667. The summed E-state index contributed by atoms with van der Waals surface area (Å²) < 4.78 is 0. The molecule has 1 aromatic heterocycles. The summed E-state index contributed by atoms with van der Waals surface area (Å²) in [4.78, 5) is 18.0. The first-order valence-corrected chi connectivity index (χ1v) is 9.91. The van der Waals surface area contributed by atoms with Crippen LogP contribution in [0.5, 0.6) is 0 Å². The number of amides is 1. The summed E-state index contributed by atoms with van der Waals surface area (Å²) in [5.41, 5.74) is 1.29. The zero-order valence-electron chi connectivity index (χ0n) is 14.9. The molecule has 5 nitrogen and oxygen atoms in total. The first-order chi connectivity index (χ1) is 11.7. The standard InChI is InChI=1S/C18H30N4OS/c1-3-19-18(22-13-16-14(2)9-12-24-16)21-11-10-20-17(23)15-7-5-4-6-8-15/h9,12,15H,3-8,10-11,13H2,1-2H3,(H,20,23)(H2,19,21,22). The van der Waals surface area contributed by atoms with Crippen LogP contribution in [0.25, 0.3) is 0 Å². The average Bonchev–Trinajstić information content (AvgIpc) is 3.02. The first-order valence-electron chi connectivity index (χ1n) is 9.03. The Hall–Kier alpha value is -1.56. The summed E-state index contributed by atoms with van der Waals surface area (Å²) in [5, 5.41) is 11.7. The van der Waals surface area contributed by atoms with Crippen LogP contribution >= 0.6 is 11.3 Å². The average molecular weight is 351 g/mol. The van der Waals surface area contributed by atoms with Gasteiger partial charge in [-0.3, -0.25) is 4.79 Å². The molecule has 0 saturated heterocycles. The van der Waals surface area contributed by atoms with Crippen LogP contribution in [0.1, 0.15) is 49.5 Å². The Morgan fingerprint density at radius 2 is 1.96 bits per heavy atom. The number of thiophene rings is 1. The van der Waals surface area contributed by atoms with Crippen molar-refractivity contribution in [3.05, 3.63) is 21.9 Å². The van der Waals surface area contributed by atoms with E-state index in [9.17, 15) is 4.79 Å². The van der Waals surface area contributed by atoms with E-state index in [-0.39, 0.29) is 11.8 Å². The molecule has 1 saturated carbocycles. The lowest BCUT2D eigenvalue weighted by atomic mass is 9.89. The Kier molecular flexibility index (Phi) is 8.08. The van der Waals surface area contributed by atoms with Crippen molar-refractivity contribution < 1.29 is 4.79 Å². The Balaban J connectivity index is 1.70. The molecule has 1 aromatic rings. The zero-order chi connectivity index (χ0) is 17.2. The van der Waals surface area contributed by atoms with Gasteiger partial charge in [-0.1, -0.05) is 19.3 Å². The van der Waals surface area contributed by atoms with Crippen LogP contribution < -0.4 is 16.0 Å². The minimum Gasteiger partial charge on any atom is -0.357 e. The minimum absolute atomic E-state index is 0.215. The van der Waals surface area contributed by atoms with Gasteiger partial charge in [0.2, 0.25) is 5.91 Å². The van der Waals surface area contributed by atoms with E-state index >= 15 is 0 Å². The largest absolute Gasteiger partial charge is 0.357 e. The van der Waals surface area contributed by atoms with Crippen LogP contribution in [-0.4, -0.2) is 31.5 Å². The highest BCUT2D eigenvalue weighted by Crippen LogP contribution is 2.23. The second-order valence-electron chi connectivity index (χ2n) is 6.27. The number of aryl methyl sites for hydroxylation is 1. The van der Waals surface area contributed by atoms with Crippen LogP contribution in [0.2, 0.25) is 0 Å². The summed E-state index contributed by atoms with van der Waals surface area (Å²) in [7, 11) is 0. The van der Waals surface area contributed by atoms with Crippen molar-refractivity contribution in [3.63, 3.8) is 0 Å². The molecule has 0 aliphatic heterocycles. The maximum atomic E-state index is 12.1. The quantitative estimate of drug-likeness (QED) is 0.402. The van der Waals surface area contributed by atoms with Crippen molar-refractivity contribution in [3.8, 4) is 0 Å². The normalized spacial score (nSPS) is 16.0. The molecule has 134 valence electrons. The minimum atomic E-state index is 0.215. The van der Waals surface area contributed by atoms with Crippen molar-refractivity contribution >= 4 is 23.2 Å². The SMILES string of the molecule is CCNC(=NCc1sccc1C)NCCNC(=O)C1CCCCC1. The van der Waals surface area contributed by atoms with E-state index in [1.165, 1.54) is 29.7 Å².